The fourth-order valence-corrected chi connectivity index (χ4v) is 2.37. The molecule has 0 atom stereocenters. The Hall–Kier alpha value is -2.93. The van der Waals surface area contributed by atoms with Gasteiger partial charge in [-0.05, 0) is 24.3 Å². The Morgan fingerprint density at radius 1 is 1.17 bits per heavy atom. The van der Waals surface area contributed by atoms with Crippen LogP contribution in [-0.2, 0) is 6.54 Å². The van der Waals surface area contributed by atoms with Crippen LogP contribution in [0.1, 0.15) is 5.69 Å². The molecule has 0 radical (unpaired) electrons. The van der Waals surface area contributed by atoms with Gasteiger partial charge >= 0.3 is 0 Å². The topological polar surface area (TPSA) is 88.1 Å². The van der Waals surface area contributed by atoms with Crippen molar-refractivity contribution in [3.63, 3.8) is 0 Å². The summed E-state index contributed by atoms with van der Waals surface area (Å²) in [7, 11) is 3.22. The molecule has 23 heavy (non-hydrogen) atoms. The molecule has 0 aliphatic rings. The maximum atomic E-state index is 5.81. The molecule has 0 fully saturated rings. The number of pyridine rings is 1. The molecule has 2 heterocycles. The van der Waals surface area contributed by atoms with E-state index < -0.39 is 0 Å². The standard InChI is InChI=1S/C16H17N5O2/c1-22-12-5-6-15(23-2)14(8-12)21-16(13(9-17)19-20-21)11-4-3-7-18-10-11/h3-8,10H,9,17H2,1-2H3. The fraction of sp³-hybridized carbons (Fsp3) is 0.188. The number of rotatable bonds is 5. The summed E-state index contributed by atoms with van der Waals surface area (Å²) in [6.45, 7) is 0.274. The van der Waals surface area contributed by atoms with Crippen molar-refractivity contribution in [1.82, 2.24) is 20.0 Å². The second-order valence-electron chi connectivity index (χ2n) is 4.78. The van der Waals surface area contributed by atoms with E-state index >= 15 is 0 Å². The SMILES string of the molecule is COc1ccc(OC)c(-n2nnc(CN)c2-c2cccnc2)c1. The van der Waals surface area contributed by atoms with Crippen LogP contribution >= 0.6 is 0 Å². The Morgan fingerprint density at radius 2 is 2.04 bits per heavy atom. The average molecular weight is 311 g/mol. The van der Waals surface area contributed by atoms with Crippen molar-refractivity contribution in [2.75, 3.05) is 14.2 Å². The maximum absolute atomic E-state index is 5.81. The smallest absolute Gasteiger partial charge is 0.144 e. The lowest BCUT2D eigenvalue weighted by Gasteiger charge is -2.13. The molecule has 118 valence electrons. The van der Waals surface area contributed by atoms with Gasteiger partial charge in [-0.15, -0.1) is 5.10 Å². The second kappa shape index (κ2) is 6.45. The van der Waals surface area contributed by atoms with E-state index in [4.69, 9.17) is 15.2 Å². The minimum absolute atomic E-state index is 0.274. The summed E-state index contributed by atoms with van der Waals surface area (Å²) in [5, 5.41) is 8.42. The highest BCUT2D eigenvalue weighted by molar-refractivity contribution is 5.65. The van der Waals surface area contributed by atoms with Gasteiger partial charge < -0.3 is 15.2 Å². The lowest BCUT2D eigenvalue weighted by Crippen LogP contribution is -2.04. The van der Waals surface area contributed by atoms with Crippen LogP contribution in [0.15, 0.2) is 42.7 Å². The maximum Gasteiger partial charge on any atom is 0.144 e. The molecule has 1 aromatic carbocycles. The summed E-state index contributed by atoms with van der Waals surface area (Å²) in [6.07, 6.45) is 3.47. The van der Waals surface area contributed by atoms with E-state index in [1.165, 1.54) is 0 Å². The van der Waals surface area contributed by atoms with Crippen molar-refractivity contribution in [1.29, 1.82) is 0 Å². The van der Waals surface area contributed by atoms with Crippen molar-refractivity contribution in [3.05, 3.63) is 48.4 Å². The van der Waals surface area contributed by atoms with Crippen LogP contribution < -0.4 is 15.2 Å². The van der Waals surface area contributed by atoms with E-state index in [2.05, 4.69) is 15.3 Å². The van der Waals surface area contributed by atoms with Gasteiger partial charge in [-0.2, -0.15) is 0 Å². The Balaban J connectivity index is 2.24. The quantitative estimate of drug-likeness (QED) is 0.773. The lowest BCUT2D eigenvalue weighted by molar-refractivity contribution is 0.400. The predicted molar refractivity (Wildman–Crippen MR) is 85.6 cm³/mol. The van der Waals surface area contributed by atoms with Gasteiger partial charge in [0, 0.05) is 30.6 Å². The Labute approximate surface area is 133 Å². The number of methoxy groups -OCH3 is 2. The molecule has 0 aliphatic carbocycles. The highest BCUT2D eigenvalue weighted by Crippen LogP contribution is 2.31. The number of hydrogen-bond acceptors (Lipinski definition) is 6. The number of ether oxygens (including phenoxy) is 2. The zero-order chi connectivity index (χ0) is 16.2. The summed E-state index contributed by atoms with van der Waals surface area (Å²) in [4.78, 5) is 4.16. The minimum Gasteiger partial charge on any atom is -0.497 e. The Morgan fingerprint density at radius 3 is 2.70 bits per heavy atom. The Bertz CT molecular complexity index is 801. The van der Waals surface area contributed by atoms with Gasteiger partial charge in [0.05, 0.1) is 14.2 Å². The summed E-state index contributed by atoms with van der Waals surface area (Å²) >= 11 is 0. The molecule has 0 saturated heterocycles. The van der Waals surface area contributed by atoms with E-state index in [0.717, 1.165) is 16.9 Å². The van der Waals surface area contributed by atoms with Crippen LogP contribution in [0.4, 0.5) is 0 Å². The summed E-state index contributed by atoms with van der Waals surface area (Å²) < 4.78 is 12.4. The molecule has 3 aromatic rings. The molecule has 0 amide bonds. The van der Waals surface area contributed by atoms with Crippen molar-refractivity contribution in [2.45, 2.75) is 6.54 Å². The first-order chi connectivity index (χ1) is 11.3. The van der Waals surface area contributed by atoms with E-state index in [1.807, 2.05) is 30.3 Å². The van der Waals surface area contributed by atoms with Gasteiger partial charge in [0.25, 0.3) is 0 Å². The lowest BCUT2D eigenvalue weighted by atomic mass is 10.1. The Kier molecular flexibility index (Phi) is 4.20. The first kappa shape index (κ1) is 15.0. The van der Waals surface area contributed by atoms with E-state index in [9.17, 15) is 0 Å². The molecule has 0 bridgehead atoms. The fourth-order valence-electron chi connectivity index (χ4n) is 2.37. The van der Waals surface area contributed by atoms with Crippen LogP contribution in [0.25, 0.3) is 16.9 Å². The van der Waals surface area contributed by atoms with Gasteiger partial charge in [0.15, 0.2) is 0 Å². The van der Waals surface area contributed by atoms with Crippen molar-refractivity contribution in [2.24, 2.45) is 5.73 Å². The minimum atomic E-state index is 0.274. The second-order valence-corrected chi connectivity index (χ2v) is 4.78. The molecular formula is C16H17N5O2. The third-order valence-electron chi connectivity index (χ3n) is 3.48. The number of nitrogens with two attached hydrogens (primary N) is 1. The van der Waals surface area contributed by atoms with Crippen LogP contribution in [0.3, 0.4) is 0 Å². The molecule has 0 aliphatic heterocycles. The summed E-state index contributed by atoms with van der Waals surface area (Å²) in [5.41, 5.74) is 8.88. The van der Waals surface area contributed by atoms with E-state index in [1.54, 1.807) is 31.3 Å². The average Bonchev–Trinajstić information content (AvgIpc) is 3.05. The third-order valence-corrected chi connectivity index (χ3v) is 3.48. The van der Waals surface area contributed by atoms with Gasteiger partial charge in [0.2, 0.25) is 0 Å². The molecule has 0 unspecified atom stereocenters. The third kappa shape index (κ3) is 2.74. The van der Waals surface area contributed by atoms with Crippen LogP contribution in [-0.4, -0.2) is 34.2 Å². The van der Waals surface area contributed by atoms with Crippen LogP contribution in [0, 0.1) is 0 Å². The van der Waals surface area contributed by atoms with Crippen molar-refractivity contribution in [3.8, 4) is 28.4 Å². The van der Waals surface area contributed by atoms with Crippen LogP contribution in [0.2, 0.25) is 0 Å². The van der Waals surface area contributed by atoms with Gasteiger partial charge in [0.1, 0.15) is 28.6 Å². The highest BCUT2D eigenvalue weighted by Gasteiger charge is 2.18. The zero-order valence-corrected chi connectivity index (χ0v) is 12.9. The zero-order valence-electron chi connectivity index (χ0n) is 12.9. The number of aromatic nitrogens is 4. The molecule has 0 saturated carbocycles. The van der Waals surface area contributed by atoms with Gasteiger partial charge in [-0.25, -0.2) is 4.68 Å². The summed E-state index contributed by atoms with van der Waals surface area (Å²) in [5.74, 6) is 1.35. The largest absolute Gasteiger partial charge is 0.497 e. The van der Waals surface area contributed by atoms with E-state index in [-0.39, 0.29) is 6.54 Å². The predicted octanol–water partition coefficient (Wildman–Crippen LogP) is 1.81. The van der Waals surface area contributed by atoms with E-state index in [0.29, 0.717) is 17.2 Å². The van der Waals surface area contributed by atoms with Crippen molar-refractivity contribution >= 4 is 0 Å². The highest BCUT2D eigenvalue weighted by atomic mass is 16.5. The molecule has 7 nitrogen and oxygen atoms in total. The number of hydrogen-bond donors (Lipinski definition) is 1. The number of nitrogens with zero attached hydrogens (tertiary/aromatic N) is 4. The molecule has 2 aromatic heterocycles. The van der Waals surface area contributed by atoms with Gasteiger partial charge in [-0.1, -0.05) is 5.21 Å². The normalized spacial score (nSPS) is 10.6. The molecule has 3 rings (SSSR count). The van der Waals surface area contributed by atoms with Gasteiger partial charge in [-0.3, -0.25) is 4.98 Å². The molecule has 2 N–H and O–H groups in total. The van der Waals surface area contributed by atoms with Crippen molar-refractivity contribution < 1.29 is 9.47 Å². The first-order valence-electron chi connectivity index (χ1n) is 7.06. The summed E-state index contributed by atoms with van der Waals surface area (Å²) in [6, 6.07) is 9.29. The first-order valence-corrected chi connectivity index (χ1v) is 7.06. The molecule has 0 spiro atoms. The molecular weight excluding hydrogens is 294 g/mol. The number of benzene rings is 1. The molecule has 7 heteroatoms. The van der Waals surface area contributed by atoms with Crippen LogP contribution in [0.5, 0.6) is 11.5 Å². The monoisotopic (exact) mass is 311 g/mol.